The van der Waals surface area contributed by atoms with Crippen molar-refractivity contribution in [2.24, 2.45) is 7.05 Å². The van der Waals surface area contributed by atoms with Gasteiger partial charge >= 0.3 is 0 Å². The lowest BCUT2D eigenvalue weighted by atomic mass is 10.1. The van der Waals surface area contributed by atoms with Crippen molar-refractivity contribution in [3.63, 3.8) is 0 Å². The van der Waals surface area contributed by atoms with Crippen molar-refractivity contribution in [2.45, 2.75) is 32.6 Å². The number of hydrogen-bond donors (Lipinski definition) is 2. The number of aryl methyl sites for hydroxylation is 2. The van der Waals surface area contributed by atoms with Crippen LogP contribution in [0.3, 0.4) is 0 Å². The van der Waals surface area contributed by atoms with Crippen LogP contribution in [0.1, 0.15) is 42.4 Å². The Morgan fingerprint density at radius 3 is 2.65 bits per heavy atom. The number of piperidine rings is 1. The fourth-order valence-electron chi connectivity index (χ4n) is 2.72. The molecule has 0 bridgehead atoms. The highest BCUT2D eigenvalue weighted by molar-refractivity contribution is 5.97. The van der Waals surface area contributed by atoms with Gasteiger partial charge in [0.2, 0.25) is 0 Å². The maximum atomic E-state index is 12.2. The first-order valence-corrected chi connectivity index (χ1v) is 7.45. The van der Waals surface area contributed by atoms with Gasteiger partial charge in [-0.3, -0.25) is 9.48 Å². The molecule has 0 atom stereocenters. The van der Waals surface area contributed by atoms with E-state index in [2.05, 4.69) is 15.3 Å². The fourth-order valence-corrected chi connectivity index (χ4v) is 2.72. The zero-order valence-electron chi connectivity index (χ0n) is 12.5. The smallest absolute Gasteiger partial charge is 0.271 e. The first-order chi connectivity index (χ1) is 9.63. The number of carbonyl (C=O) groups excluding carboxylic acids is 1. The predicted molar refractivity (Wildman–Crippen MR) is 79.6 cm³/mol. The largest absolute Gasteiger partial charge is 0.395 e. The zero-order chi connectivity index (χ0) is 14.5. The third-order valence-corrected chi connectivity index (χ3v) is 3.87. The summed E-state index contributed by atoms with van der Waals surface area (Å²) >= 11 is 0. The summed E-state index contributed by atoms with van der Waals surface area (Å²) in [5.74, 6) is -0.130. The molecule has 20 heavy (non-hydrogen) atoms. The molecule has 1 aromatic rings. The summed E-state index contributed by atoms with van der Waals surface area (Å²) < 4.78 is 1.57. The molecule has 1 saturated heterocycles. The van der Waals surface area contributed by atoms with Crippen molar-refractivity contribution in [3.8, 4) is 0 Å². The van der Waals surface area contributed by atoms with Gasteiger partial charge in [-0.1, -0.05) is 13.3 Å². The second-order valence-electron chi connectivity index (χ2n) is 5.34. The van der Waals surface area contributed by atoms with Gasteiger partial charge < -0.3 is 16.0 Å². The molecule has 6 heteroatoms. The average Bonchev–Trinajstić information content (AvgIpc) is 2.74. The van der Waals surface area contributed by atoms with E-state index in [1.54, 1.807) is 11.7 Å². The highest BCUT2D eigenvalue weighted by atomic mass is 16.2. The van der Waals surface area contributed by atoms with Gasteiger partial charge in [0.1, 0.15) is 5.69 Å². The Morgan fingerprint density at radius 1 is 1.35 bits per heavy atom. The molecule has 6 nitrogen and oxygen atoms in total. The third kappa shape index (κ3) is 3.30. The number of nitrogens with zero attached hydrogens (tertiary/aromatic N) is 3. The minimum atomic E-state index is -0.130. The molecule has 0 saturated carbocycles. The molecule has 1 aliphatic rings. The minimum Gasteiger partial charge on any atom is -0.395 e. The number of nitrogen functional groups attached to an aromatic ring is 1. The van der Waals surface area contributed by atoms with Crippen molar-refractivity contribution in [2.75, 3.05) is 31.9 Å². The number of hydrogen-bond acceptors (Lipinski definition) is 4. The first kappa shape index (κ1) is 14.8. The van der Waals surface area contributed by atoms with Gasteiger partial charge in [-0.05, 0) is 32.4 Å². The number of amides is 1. The van der Waals surface area contributed by atoms with Crippen LogP contribution in [0, 0.1) is 0 Å². The number of carbonyl (C=O) groups is 1. The van der Waals surface area contributed by atoms with Crippen LogP contribution in [0.2, 0.25) is 0 Å². The molecule has 2 heterocycles. The van der Waals surface area contributed by atoms with E-state index in [-0.39, 0.29) is 5.91 Å². The standard InChI is InChI=1S/C14H25N5O/c1-3-11-12(15)13(18(2)17-11)14(20)16-7-10-19-8-5-4-6-9-19/h3-10,15H2,1-2H3,(H,16,20). The van der Waals surface area contributed by atoms with Crippen LogP contribution in [0.5, 0.6) is 0 Å². The van der Waals surface area contributed by atoms with E-state index < -0.39 is 0 Å². The topological polar surface area (TPSA) is 76.2 Å². The lowest BCUT2D eigenvalue weighted by molar-refractivity contribution is 0.0938. The van der Waals surface area contributed by atoms with Crippen molar-refractivity contribution >= 4 is 11.6 Å². The van der Waals surface area contributed by atoms with Gasteiger partial charge in [0.25, 0.3) is 5.91 Å². The SMILES string of the molecule is CCc1nn(C)c(C(=O)NCCN2CCCCC2)c1N. The third-order valence-electron chi connectivity index (χ3n) is 3.87. The van der Waals surface area contributed by atoms with Crippen molar-refractivity contribution in [1.82, 2.24) is 20.0 Å². The summed E-state index contributed by atoms with van der Waals surface area (Å²) in [7, 11) is 1.76. The molecule has 2 rings (SSSR count). The van der Waals surface area contributed by atoms with Crippen LogP contribution in [0.25, 0.3) is 0 Å². The molecule has 0 aromatic carbocycles. The highest BCUT2D eigenvalue weighted by Gasteiger charge is 2.19. The minimum absolute atomic E-state index is 0.130. The van der Waals surface area contributed by atoms with Gasteiger partial charge in [-0.15, -0.1) is 0 Å². The second-order valence-corrected chi connectivity index (χ2v) is 5.34. The Hall–Kier alpha value is -1.56. The Balaban J connectivity index is 1.87. The molecule has 1 aliphatic heterocycles. The van der Waals surface area contributed by atoms with Crippen molar-refractivity contribution < 1.29 is 4.79 Å². The Kier molecular flexibility index (Phi) is 5.00. The van der Waals surface area contributed by atoms with Crippen LogP contribution < -0.4 is 11.1 Å². The Bertz CT molecular complexity index is 462. The fraction of sp³-hybridized carbons (Fsp3) is 0.714. The number of rotatable bonds is 5. The molecular weight excluding hydrogens is 254 g/mol. The number of likely N-dealkylation sites (tertiary alicyclic amines) is 1. The van der Waals surface area contributed by atoms with Crippen molar-refractivity contribution in [3.05, 3.63) is 11.4 Å². The van der Waals surface area contributed by atoms with Crippen LogP contribution in [-0.2, 0) is 13.5 Å². The van der Waals surface area contributed by atoms with Crippen LogP contribution in [0.4, 0.5) is 5.69 Å². The quantitative estimate of drug-likeness (QED) is 0.835. The van der Waals surface area contributed by atoms with E-state index in [1.807, 2.05) is 6.92 Å². The molecule has 0 aliphatic carbocycles. The summed E-state index contributed by atoms with van der Waals surface area (Å²) in [6.07, 6.45) is 4.60. The molecule has 1 amide bonds. The zero-order valence-corrected chi connectivity index (χ0v) is 12.5. The van der Waals surface area contributed by atoms with E-state index in [4.69, 9.17) is 5.73 Å². The number of nitrogens with one attached hydrogen (secondary N) is 1. The Labute approximate surface area is 120 Å². The molecule has 0 spiro atoms. The van der Waals surface area contributed by atoms with Crippen LogP contribution in [-0.4, -0.2) is 46.8 Å². The number of nitrogens with two attached hydrogens (primary N) is 1. The van der Waals surface area contributed by atoms with Crippen molar-refractivity contribution in [1.29, 1.82) is 0 Å². The van der Waals surface area contributed by atoms with Crippen LogP contribution >= 0.6 is 0 Å². The molecule has 0 radical (unpaired) electrons. The van der Waals surface area contributed by atoms with E-state index in [0.29, 0.717) is 17.9 Å². The predicted octanol–water partition coefficient (Wildman–Crippen LogP) is 0.780. The second kappa shape index (κ2) is 6.74. The summed E-state index contributed by atoms with van der Waals surface area (Å²) in [6.45, 7) is 5.83. The molecular formula is C14H25N5O. The lowest BCUT2D eigenvalue weighted by Gasteiger charge is -2.26. The van der Waals surface area contributed by atoms with E-state index in [1.165, 1.54) is 19.3 Å². The van der Waals surface area contributed by atoms with Gasteiger partial charge in [0.05, 0.1) is 11.4 Å². The Morgan fingerprint density at radius 2 is 2.05 bits per heavy atom. The number of aromatic nitrogens is 2. The molecule has 1 aromatic heterocycles. The molecule has 1 fully saturated rings. The maximum Gasteiger partial charge on any atom is 0.271 e. The molecule has 0 unspecified atom stereocenters. The molecule has 112 valence electrons. The van der Waals surface area contributed by atoms with E-state index in [0.717, 1.165) is 31.7 Å². The summed E-state index contributed by atoms with van der Waals surface area (Å²) in [4.78, 5) is 14.6. The van der Waals surface area contributed by atoms with E-state index in [9.17, 15) is 4.79 Å². The van der Waals surface area contributed by atoms with Crippen LogP contribution in [0.15, 0.2) is 0 Å². The van der Waals surface area contributed by atoms with E-state index >= 15 is 0 Å². The van der Waals surface area contributed by atoms with Gasteiger partial charge in [-0.25, -0.2) is 0 Å². The van der Waals surface area contributed by atoms with Gasteiger partial charge in [0.15, 0.2) is 0 Å². The van der Waals surface area contributed by atoms with Gasteiger partial charge in [-0.2, -0.15) is 5.10 Å². The van der Waals surface area contributed by atoms with Gasteiger partial charge in [0, 0.05) is 20.1 Å². The highest BCUT2D eigenvalue weighted by Crippen LogP contribution is 2.16. The number of anilines is 1. The first-order valence-electron chi connectivity index (χ1n) is 7.45. The summed E-state index contributed by atoms with van der Waals surface area (Å²) in [6, 6.07) is 0. The average molecular weight is 279 g/mol. The molecule has 3 N–H and O–H groups in total. The monoisotopic (exact) mass is 279 g/mol. The normalized spacial score (nSPS) is 16.3. The summed E-state index contributed by atoms with van der Waals surface area (Å²) in [5.41, 5.74) is 7.74. The lowest BCUT2D eigenvalue weighted by Crippen LogP contribution is -2.38. The maximum absolute atomic E-state index is 12.2. The summed E-state index contributed by atoms with van der Waals surface area (Å²) in [5, 5.41) is 7.21.